The van der Waals surface area contributed by atoms with Crippen molar-refractivity contribution in [3.63, 3.8) is 0 Å². The lowest BCUT2D eigenvalue weighted by Crippen LogP contribution is -2.61. The summed E-state index contributed by atoms with van der Waals surface area (Å²) in [5.41, 5.74) is 4.62. The van der Waals surface area contributed by atoms with Crippen molar-refractivity contribution in [1.82, 2.24) is 9.88 Å². The molecule has 3 aliphatic rings. The molecule has 1 N–H and O–H groups in total. The Morgan fingerprint density at radius 3 is 2.18 bits per heavy atom. The van der Waals surface area contributed by atoms with E-state index in [2.05, 4.69) is 45.2 Å². The minimum atomic E-state index is -1.02. The van der Waals surface area contributed by atoms with Gasteiger partial charge in [-0.15, -0.1) is 0 Å². The van der Waals surface area contributed by atoms with Gasteiger partial charge in [-0.25, -0.2) is 9.59 Å². The highest BCUT2D eigenvalue weighted by molar-refractivity contribution is 9.10. The maximum absolute atomic E-state index is 13.4. The van der Waals surface area contributed by atoms with Gasteiger partial charge in [-0.05, 0) is 63.2 Å². The van der Waals surface area contributed by atoms with E-state index >= 15 is 0 Å². The van der Waals surface area contributed by atoms with E-state index in [0.29, 0.717) is 13.1 Å². The SMILES string of the molecule is O=C(O)COC1(c2ccc(Br)cn2)C2CCCC1CN(C(=O)OCC1c3ccccc3-c3ccccc31)C2. The van der Waals surface area contributed by atoms with Crippen LogP contribution in [0, 0.1) is 11.8 Å². The number of carbonyl (C=O) groups is 2. The molecule has 3 aromatic rings. The van der Waals surface area contributed by atoms with E-state index in [0.717, 1.165) is 29.4 Å². The van der Waals surface area contributed by atoms with Crippen molar-refractivity contribution in [1.29, 1.82) is 0 Å². The molecule has 1 aromatic heterocycles. The topological polar surface area (TPSA) is 89.0 Å². The summed E-state index contributed by atoms with van der Waals surface area (Å²) in [4.78, 5) is 31.3. The molecule has 2 bridgehead atoms. The summed E-state index contributed by atoms with van der Waals surface area (Å²) in [6.07, 6.45) is 4.03. The number of likely N-dealkylation sites (tertiary alicyclic amines) is 1. The van der Waals surface area contributed by atoms with Gasteiger partial charge in [-0.1, -0.05) is 55.0 Å². The molecule has 6 rings (SSSR count). The number of hydrogen-bond donors (Lipinski definition) is 1. The monoisotopic (exact) mass is 576 g/mol. The fourth-order valence-corrected chi connectivity index (χ4v) is 7.02. The Kier molecular flexibility index (Phi) is 6.70. The molecule has 8 heteroatoms. The molecule has 0 radical (unpaired) electrons. The van der Waals surface area contributed by atoms with Gasteiger partial charge in [-0.3, -0.25) is 4.98 Å². The highest BCUT2D eigenvalue weighted by Crippen LogP contribution is 2.51. The Labute approximate surface area is 229 Å². The molecule has 2 fully saturated rings. The number of pyridine rings is 1. The molecule has 1 aliphatic heterocycles. The summed E-state index contributed by atoms with van der Waals surface area (Å²) in [6, 6.07) is 20.4. The molecule has 196 valence electrons. The average molecular weight is 577 g/mol. The summed E-state index contributed by atoms with van der Waals surface area (Å²) >= 11 is 3.44. The third kappa shape index (κ3) is 4.29. The molecule has 2 aromatic carbocycles. The lowest BCUT2D eigenvalue weighted by molar-refractivity contribution is -0.194. The smallest absolute Gasteiger partial charge is 0.409 e. The van der Waals surface area contributed by atoms with Crippen LogP contribution in [-0.2, 0) is 19.9 Å². The van der Waals surface area contributed by atoms with Crippen LogP contribution in [0.4, 0.5) is 4.79 Å². The van der Waals surface area contributed by atoms with Crippen molar-refractivity contribution in [2.75, 3.05) is 26.3 Å². The van der Waals surface area contributed by atoms with Crippen molar-refractivity contribution in [2.45, 2.75) is 30.8 Å². The van der Waals surface area contributed by atoms with E-state index in [1.54, 1.807) is 11.1 Å². The summed E-state index contributed by atoms with van der Waals surface area (Å²) in [5.74, 6) is -1.17. The first-order valence-electron chi connectivity index (χ1n) is 13.0. The van der Waals surface area contributed by atoms with Gasteiger partial charge >= 0.3 is 12.1 Å². The van der Waals surface area contributed by atoms with Gasteiger partial charge in [0, 0.05) is 41.5 Å². The van der Waals surface area contributed by atoms with Crippen LogP contribution in [0.3, 0.4) is 0 Å². The average Bonchev–Trinajstić information content (AvgIpc) is 3.24. The predicted octanol–water partition coefficient (Wildman–Crippen LogP) is 5.82. The molecule has 2 atom stereocenters. The van der Waals surface area contributed by atoms with Gasteiger partial charge in [-0.2, -0.15) is 0 Å². The Bertz CT molecular complexity index is 1300. The van der Waals surface area contributed by atoms with E-state index in [-0.39, 0.29) is 30.5 Å². The number of aromatic nitrogens is 1. The molecular weight excluding hydrogens is 548 g/mol. The minimum Gasteiger partial charge on any atom is -0.480 e. The number of carboxylic acid groups (broad SMARTS) is 1. The zero-order chi connectivity index (χ0) is 26.3. The van der Waals surface area contributed by atoms with E-state index in [1.807, 2.05) is 36.4 Å². The van der Waals surface area contributed by atoms with Crippen molar-refractivity contribution < 1.29 is 24.2 Å². The van der Waals surface area contributed by atoms with Crippen LogP contribution in [0.1, 0.15) is 42.0 Å². The van der Waals surface area contributed by atoms with Crippen LogP contribution in [0.5, 0.6) is 0 Å². The molecule has 1 saturated heterocycles. The normalized spacial score (nSPS) is 24.0. The van der Waals surface area contributed by atoms with Crippen molar-refractivity contribution in [2.24, 2.45) is 11.8 Å². The fourth-order valence-electron chi connectivity index (χ4n) is 6.78. The number of benzene rings is 2. The summed E-state index contributed by atoms with van der Waals surface area (Å²) in [5, 5.41) is 9.43. The van der Waals surface area contributed by atoms with Gasteiger partial charge < -0.3 is 19.5 Å². The number of nitrogens with zero attached hydrogens (tertiary/aromatic N) is 2. The van der Waals surface area contributed by atoms with Crippen LogP contribution in [0.15, 0.2) is 71.3 Å². The van der Waals surface area contributed by atoms with Crippen molar-refractivity contribution >= 4 is 28.0 Å². The zero-order valence-corrected chi connectivity index (χ0v) is 22.5. The molecule has 0 spiro atoms. The number of ether oxygens (including phenoxy) is 2. The molecule has 38 heavy (non-hydrogen) atoms. The van der Waals surface area contributed by atoms with E-state index < -0.39 is 18.2 Å². The van der Waals surface area contributed by atoms with E-state index in [1.165, 1.54) is 22.3 Å². The van der Waals surface area contributed by atoms with Crippen LogP contribution >= 0.6 is 15.9 Å². The van der Waals surface area contributed by atoms with Gasteiger partial charge in [0.05, 0.1) is 5.69 Å². The molecule has 2 aliphatic carbocycles. The van der Waals surface area contributed by atoms with Crippen LogP contribution in [-0.4, -0.2) is 53.4 Å². The maximum atomic E-state index is 13.4. The molecule has 1 saturated carbocycles. The first kappa shape index (κ1) is 25.1. The molecule has 1 amide bonds. The van der Waals surface area contributed by atoms with Gasteiger partial charge in [0.2, 0.25) is 0 Å². The number of hydrogen-bond acceptors (Lipinski definition) is 5. The minimum absolute atomic E-state index is 0.000552. The largest absolute Gasteiger partial charge is 0.480 e. The molecule has 2 unspecified atom stereocenters. The first-order valence-corrected chi connectivity index (χ1v) is 13.8. The Balaban J connectivity index is 1.22. The predicted molar refractivity (Wildman–Crippen MR) is 145 cm³/mol. The summed E-state index contributed by atoms with van der Waals surface area (Å²) < 4.78 is 13.0. The molecular formula is C30H29BrN2O5. The van der Waals surface area contributed by atoms with Gasteiger partial charge in [0.25, 0.3) is 0 Å². The standard InChI is InChI=1S/C30H29BrN2O5/c31-21-12-13-27(32-14-21)30(38-18-28(34)35)19-6-5-7-20(30)16-33(15-19)29(36)37-17-26-24-10-3-1-8-22(24)23-9-2-4-11-25(23)26/h1-4,8-14,19-20,26H,5-7,15-18H2,(H,34,35). The van der Waals surface area contributed by atoms with Gasteiger partial charge in [0.15, 0.2) is 0 Å². The lowest BCUT2D eigenvalue weighted by atomic mass is 9.63. The second-order valence-electron chi connectivity index (χ2n) is 10.4. The molecule has 2 heterocycles. The number of fused-ring (bicyclic) bond motifs is 5. The number of carbonyl (C=O) groups excluding carboxylic acids is 1. The van der Waals surface area contributed by atoms with Gasteiger partial charge in [0.1, 0.15) is 18.8 Å². The second-order valence-corrected chi connectivity index (χ2v) is 11.3. The summed E-state index contributed by atoms with van der Waals surface area (Å²) in [7, 11) is 0. The number of amides is 1. The maximum Gasteiger partial charge on any atom is 0.409 e. The number of aliphatic carboxylic acids is 1. The second kappa shape index (κ2) is 10.2. The highest BCUT2D eigenvalue weighted by Gasteiger charge is 2.56. The number of carboxylic acids is 1. The van der Waals surface area contributed by atoms with Crippen LogP contribution in [0.2, 0.25) is 0 Å². The zero-order valence-electron chi connectivity index (χ0n) is 20.9. The van der Waals surface area contributed by atoms with Crippen LogP contribution in [0.25, 0.3) is 11.1 Å². The Morgan fingerprint density at radius 2 is 1.61 bits per heavy atom. The number of rotatable bonds is 6. The quantitative estimate of drug-likeness (QED) is 0.397. The van der Waals surface area contributed by atoms with E-state index in [4.69, 9.17) is 9.47 Å². The fraction of sp³-hybridized carbons (Fsp3) is 0.367. The Morgan fingerprint density at radius 1 is 0.974 bits per heavy atom. The van der Waals surface area contributed by atoms with Crippen LogP contribution < -0.4 is 0 Å². The first-order chi connectivity index (χ1) is 18.5. The third-order valence-corrected chi connectivity index (χ3v) is 8.83. The summed E-state index contributed by atoms with van der Waals surface area (Å²) in [6.45, 7) is 0.735. The van der Waals surface area contributed by atoms with Crippen molar-refractivity contribution in [3.8, 4) is 11.1 Å². The highest BCUT2D eigenvalue weighted by atomic mass is 79.9. The Hall–Kier alpha value is -3.23. The molecule has 7 nitrogen and oxygen atoms in total. The lowest BCUT2D eigenvalue weighted by Gasteiger charge is -2.54. The number of piperidine rings is 1. The van der Waals surface area contributed by atoms with Crippen molar-refractivity contribution in [3.05, 3.63) is 88.2 Å². The van der Waals surface area contributed by atoms with E-state index in [9.17, 15) is 14.7 Å². The third-order valence-electron chi connectivity index (χ3n) is 8.36. The number of halogens is 1.